The number of amides is 2. The second kappa shape index (κ2) is 6.27. The first-order valence-corrected chi connectivity index (χ1v) is 7.06. The highest BCUT2D eigenvalue weighted by Crippen LogP contribution is 2.12. The van der Waals surface area contributed by atoms with Gasteiger partial charge in [-0.25, -0.2) is 0 Å². The molecule has 0 saturated carbocycles. The molecule has 2 aromatic heterocycles. The Bertz CT molecular complexity index is 854. The van der Waals surface area contributed by atoms with Crippen LogP contribution in [-0.2, 0) is 11.3 Å². The standard InChI is InChI=1S/C16H15N5O2/c1-11(22)17-8-12-2-4-13(5-3-12)16(23)19-14-6-7-15-20-18-10-21(15)9-14/h2-7,9-10H,8H2,1H3,(H,17,22)(H,19,23). The molecule has 0 unspecified atom stereocenters. The van der Waals surface area contributed by atoms with E-state index in [1.807, 2.05) is 12.1 Å². The fourth-order valence-corrected chi connectivity index (χ4v) is 2.11. The molecule has 116 valence electrons. The van der Waals surface area contributed by atoms with Gasteiger partial charge in [-0.2, -0.15) is 0 Å². The predicted molar refractivity (Wildman–Crippen MR) is 84.9 cm³/mol. The van der Waals surface area contributed by atoms with Crippen LogP contribution in [0.3, 0.4) is 0 Å². The molecule has 3 rings (SSSR count). The number of aromatic nitrogens is 3. The van der Waals surface area contributed by atoms with Crippen LogP contribution in [0.15, 0.2) is 48.9 Å². The summed E-state index contributed by atoms with van der Waals surface area (Å²) < 4.78 is 1.73. The number of hydrogen-bond acceptors (Lipinski definition) is 4. The Morgan fingerprint density at radius 2 is 1.91 bits per heavy atom. The van der Waals surface area contributed by atoms with E-state index in [0.29, 0.717) is 23.4 Å². The van der Waals surface area contributed by atoms with Crippen LogP contribution in [-0.4, -0.2) is 26.4 Å². The van der Waals surface area contributed by atoms with Crippen molar-refractivity contribution in [3.05, 3.63) is 60.0 Å². The van der Waals surface area contributed by atoms with Crippen LogP contribution in [0, 0.1) is 0 Å². The number of rotatable bonds is 4. The van der Waals surface area contributed by atoms with Crippen molar-refractivity contribution in [3.63, 3.8) is 0 Å². The molecular weight excluding hydrogens is 294 g/mol. The van der Waals surface area contributed by atoms with Gasteiger partial charge in [-0.1, -0.05) is 12.1 Å². The summed E-state index contributed by atoms with van der Waals surface area (Å²) in [5, 5.41) is 13.2. The van der Waals surface area contributed by atoms with Crippen LogP contribution in [0.25, 0.3) is 5.65 Å². The maximum Gasteiger partial charge on any atom is 0.255 e. The molecular formula is C16H15N5O2. The molecule has 0 bridgehead atoms. The Kier molecular flexibility index (Phi) is 4.01. The highest BCUT2D eigenvalue weighted by atomic mass is 16.2. The summed E-state index contributed by atoms with van der Waals surface area (Å²) >= 11 is 0. The molecule has 2 heterocycles. The number of hydrogen-bond donors (Lipinski definition) is 2. The largest absolute Gasteiger partial charge is 0.352 e. The van der Waals surface area contributed by atoms with Gasteiger partial charge in [0.05, 0.1) is 5.69 Å². The molecule has 0 atom stereocenters. The smallest absolute Gasteiger partial charge is 0.255 e. The van der Waals surface area contributed by atoms with Crippen molar-refractivity contribution in [1.29, 1.82) is 0 Å². The Labute approximate surface area is 132 Å². The van der Waals surface area contributed by atoms with Crippen molar-refractivity contribution in [2.45, 2.75) is 13.5 Å². The fraction of sp³-hybridized carbons (Fsp3) is 0.125. The van der Waals surface area contributed by atoms with Crippen molar-refractivity contribution < 1.29 is 9.59 Å². The molecule has 0 aliphatic rings. The number of carbonyl (C=O) groups is 2. The minimum atomic E-state index is -0.205. The van der Waals surface area contributed by atoms with Crippen molar-refractivity contribution in [2.75, 3.05) is 5.32 Å². The summed E-state index contributed by atoms with van der Waals surface area (Å²) in [6.07, 6.45) is 3.32. The molecule has 1 aromatic carbocycles. The zero-order chi connectivity index (χ0) is 16.2. The summed E-state index contributed by atoms with van der Waals surface area (Å²) in [6.45, 7) is 1.91. The number of nitrogens with one attached hydrogen (secondary N) is 2. The number of benzene rings is 1. The average Bonchev–Trinajstić information content (AvgIpc) is 3.01. The molecule has 0 fully saturated rings. The van der Waals surface area contributed by atoms with E-state index in [9.17, 15) is 9.59 Å². The van der Waals surface area contributed by atoms with Gasteiger partial charge < -0.3 is 10.6 Å². The molecule has 2 N–H and O–H groups in total. The number of carbonyl (C=O) groups excluding carboxylic acids is 2. The maximum atomic E-state index is 12.2. The predicted octanol–water partition coefficient (Wildman–Crippen LogP) is 1.62. The SMILES string of the molecule is CC(=O)NCc1ccc(C(=O)Nc2ccc3nncn3c2)cc1. The summed E-state index contributed by atoms with van der Waals surface area (Å²) in [4.78, 5) is 23.1. The molecule has 23 heavy (non-hydrogen) atoms. The van der Waals surface area contributed by atoms with Gasteiger partial charge >= 0.3 is 0 Å². The van der Waals surface area contributed by atoms with Gasteiger partial charge in [0.2, 0.25) is 5.91 Å². The van der Waals surface area contributed by atoms with Crippen LogP contribution in [0.2, 0.25) is 0 Å². The maximum absolute atomic E-state index is 12.2. The minimum absolute atomic E-state index is 0.0868. The third-order valence-corrected chi connectivity index (χ3v) is 3.31. The van der Waals surface area contributed by atoms with E-state index >= 15 is 0 Å². The Balaban J connectivity index is 1.68. The highest BCUT2D eigenvalue weighted by Gasteiger charge is 2.07. The molecule has 2 amide bonds. The zero-order valence-electron chi connectivity index (χ0n) is 12.5. The van der Waals surface area contributed by atoms with E-state index in [0.717, 1.165) is 5.56 Å². The lowest BCUT2D eigenvalue weighted by Gasteiger charge is -2.07. The lowest BCUT2D eigenvalue weighted by molar-refractivity contribution is -0.119. The molecule has 0 spiro atoms. The van der Waals surface area contributed by atoms with Gasteiger partial charge in [0.1, 0.15) is 6.33 Å². The average molecular weight is 309 g/mol. The molecule has 0 aliphatic carbocycles. The number of nitrogens with zero attached hydrogens (tertiary/aromatic N) is 3. The lowest BCUT2D eigenvalue weighted by atomic mass is 10.1. The Hall–Kier alpha value is -3.22. The van der Waals surface area contributed by atoms with Gasteiger partial charge in [0.25, 0.3) is 5.91 Å². The van der Waals surface area contributed by atoms with Crippen LogP contribution in [0.1, 0.15) is 22.8 Å². The van der Waals surface area contributed by atoms with E-state index < -0.39 is 0 Å². The van der Waals surface area contributed by atoms with E-state index in [1.54, 1.807) is 41.2 Å². The van der Waals surface area contributed by atoms with E-state index in [4.69, 9.17) is 0 Å². The second-order valence-electron chi connectivity index (χ2n) is 5.07. The molecule has 0 saturated heterocycles. The third-order valence-electron chi connectivity index (χ3n) is 3.31. The summed E-state index contributed by atoms with van der Waals surface area (Å²) in [5.41, 5.74) is 2.85. The third kappa shape index (κ3) is 3.52. The Morgan fingerprint density at radius 1 is 1.13 bits per heavy atom. The molecule has 7 nitrogen and oxygen atoms in total. The van der Waals surface area contributed by atoms with E-state index in [2.05, 4.69) is 20.8 Å². The van der Waals surface area contributed by atoms with Crippen LogP contribution >= 0.6 is 0 Å². The molecule has 3 aromatic rings. The lowest BCUT2D eigenvalue weighted by Crippen LogP contribution is -2.19. The topological polar surface area (TPSA) is 88.4 Å². The fourth-order valence-electron chi connectivity index (χ4n) is 2.11. The summed E-state index contributed by atoms with van der Waals surface area (Å²) in [6, 6.07) is 10.6. The van der Waals surface area contributed by atoms with E-state index in [-0.39, 0.29) is 11.8 Å². The number of pyridine rings is 1. The van der Waals surface area contributed by atoms with Crippen molar-refractivity contribution in [3.8, 4) is 0 Å². The van der Waals surface area contributed by atoms with Gasteiger partial charge in [-0.15, -0.1) is 10.2 Å². The first-order chi connectivity index (χ1) is 11.1. The summed E-state index contributed by atoms with van der Waals surface area (Å²) in [5.74, 6) is -0.292. The van der Waals surface area contributed by atoms with Crippen LogP contribution in [0.4, 0.5) is 5.69 Å². The highest BCUT2D eigenvalue weighted by molar-refractivity contribution is 6.04. The van der Waals surface area contributed by atoms with Crippen molar-refractivity contribution in [1.82, 2.24) is 19.9 Å². The number of fused-ring (bicyclic) bond motifs is 1. The van der Waals surface area contributed by atoms with Crippen LogP contribution in [0.5, 0.6) is 0 Å². The first-order valence-electron chi connectivity index (χ1n) is 7.06. The normalized spacial score (nSPS) is 10.5. The first kappa shape index (κ1) is 14.7. The summed E-state index contributed by atoms with van der Waals surface area (Å²) in [7, 11) is 0. The minimum Gasteiger partial charge on any atom is -0.352 e. The van der Waals surface area contributed by atoms with Crippen LogP contribution < -0.4 is 10.6 Å². The number of anilines is 1. The molecule has 7 heteroatoms. The monoisotopic (exact) mass is 309 g/mol. The van der Waals surface area contributed by atoms with Crippen molar-refractivity contribution in [2.24, 2.45) is 0 Å². The molecule has 0 aliphatic heterocycles. The van der Waals surface area contributed by atoms with E-state index in [1.165, 1.54) is 6.92 Å². The second-order valence-corrected chi connectivity index (χ2v) is 5.07. The zero-order valence-corrected chi connectivity index (χ0v) is 12.5. The quantitative estimate of drug-likeness (QED) is 0.766. The van der Waals surface area contributed by atoms with Gasteiger partial charge in [-0.3, -0.25) is 14.0 Å². The van der Waals surface area contributed by atoms with Crippen molar-refractivity contribution >= 4 is 23.1 Å². The van der Waals surface area contributed by atoms with Gasteiger partial charge in [0, 0.05) is 25.2 Å². The van der Waals surface area contributed by atoms with Gasteiger partial charge in [-0.05, 0) is 29.8 Å². The Morgan fingerprint density at radius 3 is 2.65 bits per heavy atom. The molecule has 0 radical (unpaired) electrons. The van der Waals surface area contributed by atoms with Gasteiger partial charge in [0.15, 0.2) is 5.65 Å².